The van der Waals surface area contributed by atoms with E-state index in [1.54, 1.807) is 6.07 Å². The first-order valence-corrected chi connectivity index (χ1v) is 7.41. The van der Waals surface area contributed by atoms with Crippen molar-refractivity contribution < 1.29 is 4.42 Å². The number of rotatable bonds is 3. The highest BCUT2D eigenvalue weighted by Crippen LogP contribution is 2.28. The van der Waals surface area contributed by atoms with Crippen LogP contribution in [0.5, 0.6) is 0 Å². The third-order valence-corrected chi connectivity index (χ3v) is 3.84. The minimum atomic E-state index is -0.0225. The molecule has 0 radical (unpaired) electrons. The van der Waals surface area contributed by atoms with Crippen LogP contribution in [0, 0.1) is 11.3 Å². The summed E-state index contributed by atoms with van der Waals surface area (Å²) in [6, 6.07) is 17.7. The van der Waals surface area contributed by atoms with Crippen LogP contribution in [0.3, 0.4) is 0 Å². The summed E-state index contributed by atoms with van der Waals surface area (Å²) in [6.07, 6.45) is 0. The summed E-state index contributed by atoms with van der Waals surface area (Å²) < 4.78 is 6.73. The van der Waals surface area contributed by atoms with E-state index >= 15 is 0 Å². The lowest BCUT2D eigenvalue weighted by Crippen LogP contribution is -2.06. The van der Waals surface area contributed by atoms with Crippen molar-refractivity contribution in [3.63, 3.8) is 0 Å². The molecule has 2 aromatic carbocycles. The summed E-state index contributed by atoms with van der Waals surface area (Å²) in [6.45, 7) is 2.01. The summed E-state index contributed by atoms with van der Waals surface area (Å²) in [4.78, 5) is 0. The van der Waals surface area contributed by atoms with Gasteiger partial charge in [0.25, 0.3) is 0 Å². The van der Waals surface area contributed by atoms with Gasteiger partial charge in [-0.2, -0.15) is 5.26 Å². The topological polar surface area (TPSA) is 49.0 Å². The predicted octanol–water partition coefficient (Wildman–Crippen LogP) is 5.24. The van der Waals surface area contributed by atoms with Crippen molar-refractivity contribution in [3.8, 4) is 6.07 Å². The summed E-state index contributed by atoms with van der Waals surface area (Å²) in [5.41, 5.74) is 2.28. The molecule has 0 saturated heterocycles. The van der Waals surface area contributed by atoms with E-state index in [1.165, 1.54) is 0 Å². The fraction of sp³-hybridized carbons (Fsp3) is 0.118. The van der Waals surface area contributed by atoms with Crippen molar-refractivity contribution in [2.75, 3.05) is 5.32 Å². The van der Waals surface area contributed by atoms with Crippen molar-refractivity contribution >= 4 is 32.6 Å². The summed E-state index contributed by atoms with van der Waals surface area (Å²) in [7, 11) is 0. The number of fused-ring (bicyclic) bond motifs is 1. The van der Waals surface area contributed by atoms with Gasteiger partial charge in [0.2, 0.25) is 0 Å². The molecular formula is C17H13BrN2O. The van der Waals surface area contributed by atoms with E-state index < -0.39 is 0 Å². The lowest BCUT2D eigenvalue weighted by atomic mass is 10.1. The maximum atomic E-state index is 9.21. The van der Waals surface area contributed by atoms with Gasteiger partial charge in [-0.3, -0.25) is 0 Å². The smallest absolute Gasteiger partial charge is 0.134 e. The number of nitrogens with zero attached hydrogens (tertiary/aromatic N) is 1. The second-order valence-corrected chi connectivity index (χ2v) is 5.77. The van der Waals surface area contributed by atoms with Crippen LogP contribution in [0.25, 0.3) is 11.0 Å². The largest absolute Gasteiger partial charge is 0.459 e. The Bertz CT molecular complexity index is 799. The number of hydrogen-bond donors (Lipinski definition) is 1. The van der Waals surface area contributed by atoms with Crippen LogP contribution in [0.2, 0.25) is 0 Å². The predicted molar refractivity (Wildman–Crippen MR) is 87.1 cm³/mol. The Labute approximate surface area is 131 Å². The van der Waals surface area contributed by atoms with Gasteiger partial charge in [0.05, 0.1) is 17.3 Å². The molecule has 0 aliphatic heterocycles. The van der Waals surface area contributed by atoms with E-state index in [0.717, 1.165) is 26.9 Å². The van der Waals surface area contributed by atoms with Gasteiger partial charge in [0, 0.05) is 9.86 Å². The molecule has 0 bridgehead atoms. The Morgan fingerprint density at radius 2 is 2.00 bits per heavy atom. The molecular weight excluding hydrogens is 328 g/mol. The van der Waals surface area contributed by atoms with Gasteiger partial charge in [-0.15, -0.1) is 0 Å². The number of nitriles is 1. The van der Waals surface area contributed by atoms with Crippen molar-refractivity contribution in [3.05, 3.63) is 64.3 Å². The molecule has 3 rings (SSSR count). The normalized spacial score (nSPS) is 12.0. The molecule has 1 unspecified atom stereocenters. The van der Waals surface area contributed by atoms with Crippen molar-refractivity contribution in [2.24, 2.45) is 0 Å². The van der Waals surface area contributed by atoms with E-state index in [-0.39, 0.29) is 6.04 Å². The van der Waals surface area contributed by atoms with Crippen LogP contribution in [0.4, 0.5) is 5.69 Å². The number of nitrogens with one attached hydrogen (secondary N) is 1. The van der Waals surface area contributed by atoms with Crippen LogP contribution < -0.4 is 5.32 Å². The molecule has 0 spiro atoms. The molecule has 1 heterocycles. The molecule has 1 aromatic heterocycles. The zero-order valence-corrected chi connectivity index (χ0v) is 13.0. The van der Waals surface area contributed by atoms with Crippen molar-refractivity contribution in [2.45, 2.75) is 13.0 Å². The second-order valence-electron chi connectivity index (χ2n) is 4.85. The van der Waals surface area contributed by atoms with Gasteiger partial charge in [0.1, 0.15) is 17.4 Å². The first-order valence-electron chi connectivity index (χ1n) is 6.62. The Kier molecular flexibility index (Phi) is 3.68. The highest BCUT2D eigenvalue weighted by atomic mass is 79.9. The van der Waals surface area contributed by atoms with Crippen molar-refractivity contribution in [1.82, 2.24) is 0 Å². The number of halogens is 1. The van der Waals surface area contributed by atoms with E-state index in [1.807, 2.05) is 49.4 Å². The van der Waals surface area contributed by atoms with E-state index in [9.17, 15) is 5.26 Å². The molecule has 0 amide bonds. The zero-order chi connectivity index (χ0) is 14.8. The maximum absolute atomic E-state index is 9.21. The zero-order valence-electron chi connectivity index (χ0n) is 11.4. The fourth-order valence-electron chi connectivity index (χ4n) is 2.26. The number of para-hydroxylation sites is 1. The number of hydrogen-bond acceptors (Lipinski definition) is 3. The number of furan rings is 1. The molecule has 0 aliphatic carbocycles. The molecule has 1 N–H and O–H groups in total. The summed E-state index contributed by atoms with van der Waals surface area (Å²) in [5.74, 6) is 0.850. The quantitative estimate of drug-likeness (QED) is 0.709. The molecule has 0 saturated carbocycles. The third kappa shape index (κ3) is 2.79. The van der Waals surface area contributed by atoms with Gasteiger partial charge in [0.15, 0.2) is 0 Å². The van der Waals surface area contributed by atoms with Crippen molar-refractivity contribution in [1.29, 1.82) is 5.26 Å². The highest BCUT2D eigenvalue weighted by Gasteiger charge is 2.13. The monoisotopic (exact) mass is 340 g/mol. The second kappa shape index (κ2) is 5.63. The van der Waals surface area contributed by atoms with E-state index in [0.29, 0.717) is 5.56 Å². The minimum Gasteiger partial charge on any atom is -0.459 e. The average Bonchev–Trinajstić information content (AvgIpc) is 2.93. The van der Waals surface area contributed by atoms with E-state index in [2.05, 4.69) is 27.3 Å². The minimum absolute atomic E-state index is 0.0225. The lowest BCUT2D eigenvalue weighted by molar-refractivity contribution is 0.526. The molecule has 21 heavy (non-hydrogen) atoms. The Hall–Kier alpha value is -2.25. The molecule has 0 fully saturated rings. The molecule has 104 valence electrons. The van der Waals surface area contributed by atoms with Gasteiger partial charge in [-0.1, -0.05) is 34.1 Å². The first-order chi connectivity index (χ1) is 10.2. The first kappa shape index (κ1) is 13.7. The summed E-state index contributed by atoms with van der Waals surface area (Å²) >= 11 is 3.37. The maximum Gasteiger partial charge on any atom is 0.134 e. The standard InChI is InChI=1S/C17H13BrN2O/c1-11(17-9-12-4-2-3-5-16(12)21-17)20-15-7-6-14(18)8-13(15)10-19/h2-9,11,20H,1H3. The van der Waals surface area contributed by atoms with Crippen LogP contribution in [0.1, 0.15) is 24.3 Å². The average molecular weight is 341 g/mol. The van der Waals surface area contributed by atoms with Crippen LogP contribution in [0.15, 0.2) is 57.4 Å². The number of benzene rings is 2. The van der Waals surface area contributed by atoms with Gasteiger partial charge in [-0.25, -0.2) is 0 Å². The Morgan fingerprint density at radius 3 is 2.76 bits per heavy atom. The highest BCUT2D eigenvalue weighted by molar-refractivity contribution is 9.10. The fourth-order valence-corrected chi connectivity index (χ4v) is 2.62. The number of anilines is 1. The molecule has 0 aliphatic rings. The van der Waals surface area contributed by atoms with E-state index in [4.69, 9.17) is 4.42 Å². The van der Waals surface area contributed by atoms with Crippen LogP contribution >= 0.6 is 15.9 Å². The van der Waals surface area contributed by atoms with Gasteiger partial charge < -0.3 is 9.73 Å². The molecule has 3 nitrogen and oxygen atoms in total. The third-order valence-electron chi connectivity index (χ3n) is 3.35. The lowest BCUT2D eigenvalue weighted by Gasteiger charge is -2.14. The van der Waals surface area contributed by atoms with Gasteiger partial charge >= 0.3 is 0 Å². The summed E-state index contributed by atoms with van der Waals surface area (Å²) in [5, 5.41) is 13.6. The Balaban J connectivity index is 1.89. The van der Waals surface area contributed by atoms with Crippen LogP contribution in [-0.4, -0.2) is 0 Å². The molecule has 1 atom stereocenters. The van der Waals surface area contributed by atoms with Crippen LogP contribution in [-0.2, 0) is 0 Å². The SMILES string of the molecule is CC(Nc1ccc(Br)cc1C#N)c1cc2ccccc2o1. The molecule has 4 heteroatoms. The molecule has 3 aromatic rings. The van der Waals surface area contributed by atoms with Gasteiger partial charge in [-0.05, 0) is 37.3 Å². The Morgan fingerprint density at radius 1 is 1.19 bits per heavy atom.